The molecule has 4 aromatic carbocycles. The Hall–Kier alpha value is -1.13. The Morgan fingerprint density at radius 3 is 2.03 bits per heavy atom. The van der Waals surface area contributed by atoms with E-state index in [0.717, 1.165) is 36.4 Å². The van der Waals surface area contributed by atoms with Crippen LogP contribution in [-0.4, -0.2) is 61.8 Å². The van der Waals surface area contributed by atoms with E-state index in [2.05, 4.69) is 58.7 Å². The van der Waals surface area contributed by atoms with Crippen molar-refractivity contribution in [2.45, 2.75) is 19.6 Å². The van der Waals surface area contributed by atoms with Crippen molar-refractivity contribution in [2.24, 2.45) is 20.5 Å². The van der Waals surface area contributed by atoms with Crippen LogP contribution < -0.4 is 140 Å². The van der Waals surface area contributed by atoms with Gasteiger partial charge < -0.3 is 35.8 Å². The van der Waals surface area contributed by atoms with Crippen molar-refractivity contribution in [3.63, 3.8) is 0 Å². The molecular formula is C28H18F2N8Na4O16S5. The number of rotatable bonds is 18. The summed E-state index contributed by atoms with van der Waals surface area (Å²) in [4.78, 5) is 3.15. The van der Waals surface area contributed by atoms with E-state index in [0.29, 0.717) is 12.1 Å². The summed E-state index contributed by atoms with van der Waals surface area (Å²) >= 11 is 0.136. The van der Waals surface area contributed by atoms with Crippen LogP contribution in [0.25, 0.3) is 10.8 Å². The molecule has 5 rings (SSSR count). The average molecular weight is 1010 g/mol. The molecular weight excluding hydrogens is 995 g/mol. The fourth-order valence-corrected chi connectivity index (χ4v) is 7.95. The first kappa shape index (κ1) is 59.9. The number of nitrogens with zero attached hydrogens (tertiary/aromatic N) is 6. The maximum absolute atomic E-state index is 13.6. The molecule has 4 N–H and O–H groups in total. The molecule has 0 amide bonds. The summed E-state index contributed by atoms with van der Waals surface area (Å²) in [7, 11) is -15.0. The number of phenolic OH excluding ortho intramolecular Hbond substituents is 1. The normalized spacial score (nSPS) is 11.8. The molecule has 1 aromatic heterocycles. The van der Waals surface area contributed by atoms with E-state index < -0.39 is 97.8 Å². The Labute approximate surface area is 451 Å². The molecule has 0 radical (unpaired) electrons. The van der Waals surface area contributed by atoms with Gasteiger partial charge in [-0.2, -0.15) is 23.1 Å². The van der Waals surface area contributed by atoms with Gasteiger partial charge in [0.25, 0.3) is 0 Å². The number of anilines is 3. The predicted molar refractivity (Wildman–Crippen MR) is 188 cm³/mol. The molecule has 5 aromatic rings. The Bertz CT molecular complexity index is 2810. The SMILES string of the molecule is Nc1ccc2c(O)c(N=Nc3ccc(S(=O)(=O)CCOSOO[O-])cc3S(=O)(=O)[O-])c(SOO[O-])cc2c1N=Nc1cc(Nc2cc(F)nc(F)n2)ccc1S(=O)(=O)[O-].[Na+].[Na+].[Na+].[Na+]. The van der Waals surface area contributed by atoms with E-state index in [1.165, 1.54) is 12.1 Å². The first-order chi connectivity index (χ1) is 27.8. The number of hydrogen-bond donors (Lipinski definition) is 3. The van der Waals surface area contributed by atoms with Crippen LogP contribution in [0.15, 0.2) is 101 Å². The third-order valence-electron chi connectivity index (χ3n) is 7.17. The van der Waals surface area contributed by atoms with Gasteiger partial charge in [0, 0.05) is 22.5 Å². The monoisotopic (exact) mass is 1010 g/mol. The van der Waals surface area contributed by atoms with E-state index in [4.69, 9.17) is 5.73 Å². The number of halogens is 2. The van der Waals surface area contributed by atoms with Gasteiger partial charge in [0.2, 0.25) is 5.95 Å². The molecule has 0 fully saturated rings. The molecule has 0 aliphatic carbocycles. The molecule has 0 bridgehead atoms. The van der Waals surface area contributed by atoms with Crippen molar-refractivity contribution < 1.29 is 200 Å². The molecule has 0 unspecified atom stereocenters. The van der Waals surface area contributed by atoms with Crippen molar-refractivity contribution in [3.8, 4) is 5.75 Å². The predicted octanol–water partition coefficient (Wildman–Crippen LogP) is -8.60. The van der Waals surface area contributed by atoms with Crippen LogP contribution in [0.5, 0.6) is 5.75 Å². The second-order valence-electron chi connectivity index (χ2n) is 10.8. The van der Waals surface area contributed by atoms with Gasteiger partial charge in [0.05, 0.1) is 49.7 Å². The van der Waals surface area contributed by atoms with Crippen LogP contribution in [-0.2, 0) is 53.0 Å². The third kappa shape index (κ3) is 16.3. The molecule has 1 heterocycles. The molecule has 0 spiro atoms. The molecule has 0 atom stereocenters. The minimum Gasteiger partial charge on any atom is -0.744 e. The summed E-state index contributed by atoms with van der Waals surface area (Å²) in [6.07, 6.45) is -1.43. The van der Waals surface area contributed by atoms with Crippen LogP contribution in [0, 0.1) is 12.0 Å². The van der Waals surface area contributed by atoms with Gasteiger partial charge in [0.1, 0.15) is 48.8 Å². The van der Waals surface area contributed by atoms with E-state index in [-0.39, 0.29) is 175 Å². The largest absolute Gasteiger partial charge is 1.00 e. The van der Waals surface area contributed by atoms with Crippen molar-refractivity contribution in [1.29, 1.82) is 0 Å². The third-order valence-corrected chi connectivity index (χ3v) is 11.6. The maximum atomic E-state index is 13.6. The van der Waals surface area contributed by atoms with E-state index in [1.807, 2.05) is 0 Å². The second kappa shape index (κ2) is 26.4. The van der Waals surface area contributed by atoms with Gasteiger partial charge in [-0.15, -0.1) is 24.8 Å². The summed E-state index contributed by atoms with van der Waals surface area (Å²) < 4.78 is 138. The van der Waals surface area contributed by atoms with Gasteiger partial charge in [0.15, 0.2) is 27.9 Å². The van der Waals surface area contributed by atoms with E-state index in [9.17, 15) is 58.8 Å². The molecule has 63 heavy (non-hydrogen) atoms. The van der Waals surface area contributed by atoms with Gasteiger partial charge >= 0.3 is 124 Å². The minimum atomic E-state index is -5.46. The number of azo groups is 2. The van der Waals surface area contributed by atoms with Crippen LogP contribution in [0.3, 0.4) is 0 Å². The number of hydrogen-bond acceptors (Lipinski definition) is 26. The zero-order valence-corrected chi connectivity index (χ0v) is 44.4. The fourth-order valence-electron chi connectivity index (χ4n) is 4.74. The number of aromatic nitrogens is 2. The summed E-state index contributed by atoms with van der Waals surface area (Å²) in [5.41, 5.74) is 3.69. The van der Waals surface area contributed by atoms with Crippen molar-refractivity contribution in [3.05, 3.63) is 72.7 Å². The quantitative estimate of drug-likeness (QED) is 0.00701. The Balaban J connectivity index is 0.00000496. The van der Waals surface area contributed by atoms with Gasteiger partial charge in [-0.1, -0.05) is 0 Å². The number of benzene rings is 4. The molecule has 35 heteroatoms. The minimum absolute atomic E-state index is 0. The van der Waals surface area contributed by atoms with Crippen molar-refractivity contribution in [2.75, 3.05) is 23.4 Å². The Morgan fingerprint density at radius 2 is 1.40 bits per heavy atom. The average Bonchev–Trinajstić information content (AvgIpc) is 3.15. The number of aromatic hydroxyl groups is 1. The van der Waals surface area contributed by atoms with Crippen LogP contribution in [0.1, 0.15) is 0 Å². The topological polar surface area (TPSA) is 374 Å². The zero-order valence-electron chi connectivity index (χ0n) is 32.3. The van der Waals surface area contributed by atoms with Crippen molar-refractivity contribution >= 4 is 105 Å². The molecule has 0 aliphatic rings. The number of fused-ring (bicyclic) bond motifs is 1. The van der Waals surface area contributed by atoms with Gasteiger partial charge in [-0.25, -0.2) is 25.3 Å². The Kier molecular flexibility index (Phi) is 25.1. The molecule has 24 nitrogen and oxygen atoms in total. The zero-order chi connectivity index (χ0) is 43.1. The summed E-state index contributed by atoms with van der Waals surface area (Å²) in [6, 6.07) is 9.24. The Morgan fingerprint density at radius 1 is 0.746 bits per heavy atom. The summed E-state index contributed by atoms with van der Waals surface area (Å²) in [5, 5.41) is 55.9. The number of nitrogens with one attached hydrogen (secondary N) is 1. The summed E-state index contributed by atoms with van der Waals surface area (Å²) in [6.45, 7) is -0.575. The summed E-state index contributed by atoms with van der Waals surface area (Å²) in [5.74, 6) is -3.21. The van der Waals surface area contributed by atoms with E-state index >= 15 is 0 Å². The van der Waals surface area contributed by atoms with Crippen LogP contribution in [0.2, 0.25) is 0 Å². The molecule has 314 valence electrons. The molecule has 0 saturated carbocycles. The van der Waals surface area contributed by atoms with Crippen molar-refractivity contribution in [1.82, 2.24) is 9.97 Å². The second-order valence-corrected chi connectivity index (χ2v) is 16.9. The molecule has 0 aliphatic heterocycles. The van der Waals surface area contributed by atoms with Gasteiger partial charge in [-0.05, 0) is 54.6 Å². The number of phenols is 1. The fraction of sp³-hybridized carbons (Fsp3) is 0.0714. The molecule has 0 saturated heterocycles. The number of nitrogens with two attached hydrogens (primary N) is 1. The number of nitrogen functional groups attached to an aromatic ring is 1. The maximum Gasteiger partial charge on any atom is 1.00 e. The number of sulfone groups is 1. The van der Waals surface area contributed by atoms with Gasteiger partial charge in [-0.3, -0.25) is 14.3 Å². The standard InChI is InChI=1S/C28H22F2N8O16S5.4Na/c29-23-12-24(34-28(30)33-23)32-13-1-6-21(58(44,45)46)19(9-13)36-37-25-16-11-20(55-53-51-40)26(27(39)15(16)3-4-17(25)31)38-35-18-5-2-14(10-22(18)59(47,48)49)57(42,43)8-7-50-56-54-52-41;;;;/h1-6,9-12,39-41H,7-8,31H2,(H,32,33,34)(H,44,45,46)(H,47,48,49);;;;/q;4*+1/p-4. The smallest absolute Gasteiger partial charge is 0.744 e. The van der Waals surface area contributed by atoms with Crippen LogP contribution >= 0.6 is 24.4 Å². The van der Waals surface area contributed by atoms with Crippen LogP contribution in [0.4, 0.5) is 48.7 Å². The first-order valence-electron chi connectivity index (χ1n) is 15.0. The first-order valence-corrected chi connectivity index (χ1v) is 20.9. The van der Waals surface area contributed by atoms with E-state index in [1.54, 1.807) is 0 Å².